The van der Waals surface area contributed by atoms with Crippen LogP contribution < -0.4 is 9.62 Å². The van der Waals surface area contributed by atoms with E-state index in [1.165, 1.54) is 4.31 Å². The smallest absolute Gasteiger partial charge is 0.302 e. The van der Waals surface area contributed by atoms with Crippen LogP contribution in [0.5, 0.6) is 0 Å². The third-order valence-corrected chi connectivity index (χ3v) is 6.15. The van der Waals surface area contributed by atoms with Crippen LogP contribution in [0.1, 0.15) is 18.3 Å². The summed E-state index contributed by atoms with van der Waals surface area (Å²) in [6.45, 7) is 5.49. The molecule has 10 heteroatoms. The number of nitrogens with one attached hydrogen (secondary N) is 1. The molecule has 1 saturated heterocycles. The highest BCUT2D eigenvalue weighted by Crippen LogP contribution is 2.22. The van der Waals surface area contributed by atoms with Gasteiger partial charge >= 0.3 is 10.2 Å². The summed E-state index contributed by atoms with van der Waals surface area (Å²) in [6.07, 6.45) is 0.743. The molecule has 0 radical (unpaired) electrons. The molecule has 0 aromatic carbocycles. The van der Waals surface area contributed by atoms with Gasteiger partial charge in [-0.15, -0.1) is 0 Å². The highest BCUT2D eigenvalue weighted by molar-refractivity contribution is 7.90. The van der Waals surface area contributed by atoms with E-state index >= 15 is 0 Å². The maximum Gasteiger partial charge on any atom is 0.302 e. The zero-order valence-corrected chi connectivity index (χ0v) is 16.6. The zero-order chi connectivity index (χ0) is 19.7. The SMILES string of the molecule is CCc1cccc(NS(=O)(=O)N2CCN(c3nc4nc(C)ccc4o3)CC2)n1. The monoisotopic (exact) mass is 402 g/mol. The summed E-state index contributed by atoms with van der Waals surface area (Å²) >= 11 is 0. The van der Waals surface area contributed by atoms with Crippen molar-refractivity contribution in [3.05, 3.63) is 41.7 Å². The molecule has 1 N–H and O–H groups in total. The van der Waals surface area contributed by atoms with Crippen molar-refractivity contribution < 1.29 is 12.8 Å². The fraction of sp³-hybridized carbons (Fsp3) is 0.389. The van der Waals surface area contributed by atoms with E-state index in [-0.39, 0.29) is 0 Å². The number of hydrogen-bond acceptors (Lipinski definition) is 7. The van der Waals surface area contributed by atoms with E-state index in [4.69, 9.17) is 4.42 Å². The summed E-state index contributed by atoms with van der Waals surface area (Å²) in [7, 11) is -3.67. The Bertz CT molecular complexity index is 1090. The number of anilines is 2. The molecule has 0 aliphatic carbocycles. The Balaban J connectivity index is 1.43. The number of rotatable bonds is 5. The van der Waals surface area contributed by atoms with Crippen molar-refractivity contribution in [3.63, 3.8) is 0 Å². The van der Waals surface area contributed by atoms with Crippen LogP contribution in [0.25, 0.3) is 11.2 Å². The fourth-order valence-electron chi connectivity index (χ4n) is 3.09. The Morgan fingerprint density at radius 3 is 2.61 bits per heavy atom. The average Bonchev–Trinajstić information content (AvgIpc) is 3.11. The van der Waals surface area contributed by atoms with Crippen molar-refractivity contribution in [1.29, 1.82) is 0 Å². The summed E-state index contributed by atoms with van der Waals surface area (Å²) in [6, 6.07) is 9.50. The minimum absolute atomic E-state index is 0.327. The van der Waals surface area contributed by atoms with Crippen molar-refractivity contribution in [2.24, 2.45) is 0 Å². The summed E-state index contributed by atoms with van der Waals surface area (Å²) < 4.78 is 35.1. The first-order valence-electron chi connectivity index (χ1n) is 9.17. The van der Waals surface area contributed by atoms with Gasteiger partial charge in [0.25, 0.3) is 6.01 Å². The Hall–Kier alpha value is -2.72. The number of aryl methyl sites for hydroxylation is 2. The fourth-order valence-corrected chi connectivity index (χ4v) is 4.24. The zero-order valence-electron chi connectivity index (χ0n) is 15.8. The molecule has 9 nitrogen and oxygen atoms in total. The van der Waals surface area contributed by atoms with Crippen LogP contribution >= 0.6 is 0 Å². The van der Waals surface area contributed by atoms with E-state index in [0.29, 0.717) is 49.2 Å². The lowest BCUT2D eigenvalue weighted by Gasteiger charge is -2.32. The van der Waals surface area contributed by atoms with E-state index in [2.05, 4.69) is 19.7 Å². The lowest BCUT2D eigenvalue weighted by molar-refractivity contribution is 0.376. The molecule has 1 fully saturated rings. The van der Waals surface area contributed by atoms with E-state index in [9.17, 15) is 8.42 Å². The Labute approximate surface area is 163 Å². The van der Waals surface area contributed by atoms with Crippen LogP contribution in [0.4, 0.5) is 11.8 Å². The number of oxazole rings is 1. The third kappa shape index (κ3) is 3.78. The van der Waals surface area contributed by atoms with Crippen molar-refractivity contribution in [3.8, 4) is 0 Å². The van der Waals surface area contributed by atoms with Crippen molar-refractivity contribution in [1.82, 2.24) is 19.3 Å². The van der Waals surface area contributed by atoms with Crippen LogP contribution in [0, 0.1) is 6.92 Å². The quantitative estimate of drug-likeness (QED) is 0.696. The summed E-state index contributed by atoms with van der Waals surface area (Å²) in [5.74, 6) is 0.335. The van der Waals surface area contributed by atoms with E-state index in [0.717, 1.165) is 17.8 Å². The van der Waals surface area contributed by atoms with Gasteiger partial charge < -0.3 is 9.32 Å². The van der Waals surface area contributed by atoms with Gasteiger partial charge in [0.05, 0.1) is 0 Å². The minimum Gasteiger partial charge on any atom is -0.422 e. The van der Waals surface area contributed by atoms with E-state index in [1.807, 2.05) is 36.9 Å². The normalized spacial score (nSPS) is 15.9. The van der Waals surface area contributed by atoms with Gasteiger partial charge in [-0.1, -0.05) is 13.0 Å². The molecule has 1 aliphatic rings. The second-order valence-electron chi connectivity index (χ2n) is 6.63. The van der Waals surface area contributed by atoms with E-state index < -0.39 is 10.2 Å². The van der Waals surface area contributed by atoms with E-state index in [1.54, 1.807) is 12.1 Å². The Morgan fingerprint density at radius 2 is 1.86 bits per heavy atom. The van der Waals surface area contributed by atoms with Crippen LogP contribution in [0.15, 0.2) is 34.7 Å². The molecule has 3 aromatic rings. The molecule has 0 atom stereocenters. The van der Waals surface area contributed by atoms with Crippen LogP contribution in [-0.2, 0) is 16.6 Å². The molecule has 4 heterocycles. The molecule has 4 rings (SSSR count). The first kappa shape index (κ1) is 18.6. The molecule has 148 valence electrons. The number of piperazine rings is 1. The van der Waals surface area contributed by atoms with Gasteiger partial charge in [0.1, 0.15) is 5.82 Å². The maximum atomic E-state index is 12.7. The topological polar surface area (TPSA) is 104 Å². The second-order valence-corrected chi connectivity index (χ2v) is 8.30. The number of fused-ring (bicyclic) bond motifs is 1. The first-order valence-corrected chi connectivity index (χ1v) is 10.6. The summed E-state index contributed by atoms with van der Waals surface area (Å²) in [4.78, 5) is 15.0. The van der Waals surface area contributed by atoms with Gasteiger partial charge in [-0.2, -0.15) is 17.7 Å². The molecule has 0 spiro atoms. The van der Waals surface area contributed by atoms with Gasteiger partial charge in [0.2, 0.25) is 5.65 Å². The lowest BCUT2D eigenvalue weighted by atomic mass is 10.3. The predicted octanol–water partition coefficient (Wildman–Crippen LogP) is 1.97. The van der Waals surface area contributed by atoms with Crippen LogP contribution in [-0.4, -0.2) is 53.9 Å². The predicted molar refractivity (Wildman–Crippen MR) is 106 cm³/mol. The van der Waals surface area contributed by atoms with Crippen molar-refractivity contribution in [2.45, 2.75) is 20.3 Å². The van der Waals surface area contributed by atoms with Gasteiger partial charge in [-0.3, -0.25) is 4.72 Å². The maximum absolute atomic E-state index is 12.7. The van der Waals surface area contributed by atoms with Crippen molar-refractivity contribution >= 4 is 33.3 Å². The second kappa shape index (κ2) is 7.36. The highest BCUT2D eigenvalue weighted by atomic mass is 32.2. The van der Waals surface area contributed by atoms with Gasteiger partial charge in [0.15, 0.2) is 5.58 Å². The summed E-state index contributed by atoms with van der Waals surface area (Å²) in [5, 5.41) is 0. The van der Waals surface area contributed by atoms with Gasteiger partial charge in [-0.25, -0.2) is 9.97 Å². The molecule has 3 aromatic heterocycles. The molecule has 28 heavy (non-hydrogen) atoms. The van der Waals surface area contributed by atoms with Gasteiger partial charge in [0, 0.05) is 37.6 Å². The third-order valence-electron chi connectivity index (χ3n) is 4.63. The standard InChI is InChI=1S/C18H22N6O3S/c1-3-14-5-4-6-16(20-14)22-28(25,26)24-11-9-23(10-12-24)18-21-17-15(27-18)8-7-13(2)19-17/h4-8H,3,9-12H2,1-2H3,(H,20,22). The number of pyridine rings is 2. The Morgan fingerprint density at radius 1 is 1.07 bits per heavy atom. The first-order chi connectivity index (χ1) is 13.4. The Kier molecular flexibility index (Phi) is 4.90. The minimum atomic E-state index is -3.67. The van der Waals surface area contributed by atoms with Crippen molar-refractivity contribution in [2.75, 3.05) is 35.8 Å². The molecule has 0 unspecified atom stereocenters. The number of hydrogen-bond donors (Lipinski definition) is 1. The molecule has 0 amide bonds. The average molecular weight is 402 g/mol. The van der Waals surface area contributed by atoms with Gasteiger partial charge in [-0.05, 0) is 37.6 Å². The van der Waals surface area contributed by atoms with Crippen LogP contribution in [0.3, 0.4) is 0 Å². The molecular weight excluding hydrogens is 380 g/mol. The molecule has 0 saturated carbocycles. The molecular formula is C18H22N6O3S. The number of nitrogens with zero attached hydrogens (tertiary/aromatic N) is 5. The largest absolute Gasteiger partial charge is 0.422 e. The lowest BCUT2D eigenvalue weighted by Crippen LogP contribution is -2.50. The van der Waals surface area contributed by atoms with Crippen LogP contribution in [0.2, 0.25) is 0 Å². The number of aromatic nitrogens is 3. The molecule has 1 aliphatic heterocycles. The summed E-state index contributed by atoms with van der Waals surface area (Å²) in [5.41, 5.74) is 2.90. The highest BCUT2D eigenvalue weighted by Gasteiger charge is 2.29. The molecule has 0 bridgehead atoms.